The van der Waals surface area contributed by atoms with E-state index in [1.807, 2.05) is 39.0 Å². The zero-order valence-electron chi connectivity index (χ0n) is 11.5. The first-order valence-electron chi connectivity index (χ1n) is 6.47. The Kier molecular flexibility index (Phi) is 4.16. The van der Waals surface area contributed by atoms with Gasteiger partial charge in [0.05, 0.1) is 5.56 Å². The third-order valence-electron chi connectivity index (χ3n) is 2.91. The maximum atomic E-state index is 5.94. The number of nitrogens with zero attached hydrogens (tertiary/aromatic N) is 2. The lowest BCUT2D eigenvalue weighted by Crippen LogP contribution is -2.04. The van der Waals surface area contributed by atoms with E-state index in [1.54, 1.807) is 0 Å². The van der Waals surface area contributed by atoms with Crippen LogP contribution in [-0.4, -0.2) is 16.7 Å². The lowest BCUT2D eigenvalue weighted by molar-refractivity contribution is 0.0518. The molecular formula is C14H19N3O2. The van der Waals surface area contributed by atoms with E-state index < -0.39 is 0 Å². The van der Waals surface area contributed by atoms with Gasteiger partial charge in [0.2, 0.25) is 5.82 Å². The minimum absolute atomic E-state index is 0.131. The molecule has 1 atom stereocenters. The Morgan fingerprint density at radius 1 is 1.37 bits per heavy atom. The Balaban J connectivity index is 2.32. The first-order valence-corrected chi connectivity index (χ1v) is 6.47. The number of nitrogen functional groups attached to an aromatic ring is 1. The van der Waals surface area contributed by atoms with Crippen molar-refractivity contribution in [1.29, 1.82) is 0 Å². The first-order chi connectivity index (χ1) is 9.15. The average molecular weight is 261 g/mol. The molecule has 19 heavy (non-hydrogen) atoms. The molecule has 5 heteroatoms. The van der Waals surface area contributed by atoms with Crippen LogP contribution < -0.4 is 5.73 Å². The number of hydrogen-bond donors (Lipinski definition) is 1. The van der Waals surface area contributed by atoms with Crippen molar-refractivity contribution >= 4 is 5.69 Å². The molecule has 0 aliphatic rings. The number of rotatable bonds is 5. The number of anilines is 1. The van der Waals surface area contributed by atoms with Crippen molar-refractivity contribution in [2.45, 2.75) is 33.3 Å². The highest BCUT2D eigenvalue weighted by atomic mass is 16.5. The molecule has 0 aliphatic carbocycles. The predicted molar refractivity (Wildman–Crippen MR) is 73.5 cm³/mol. The van der Waals surface area contributed by atoms with Crippen LogP contribution in [0.4, 0.5) is 5.69 Å². The van der Waals surface area contributed by atoms with Crippen molar-refractivity contribution in [3.8, 4) is 11.5 Å². The molecule has 2 N–H and O–H groups in total. The van der Waals surface area contributed by atoms with E-state index in [1.165, 1.54) is 0 Å². The minimum atomic E-state index is -0.131. The van der Waals surface area contributed by atoms with Crippen LogP contribution in [0.25, 0.3) is 11.5 Å². The van der Waals surface area contributed by atoms with Crippen LogP contribution in [0.5, 0.6) is 0 Å². The van der Waals surface area contributed by atoms with E-state index in [0.29, 0.717) is 24.0 Å². The van der Waals surface area contributed by atoms with E-state index in [9.17, 15) is 0 Å². The van der Waals surface area contributed by atoms with Crippen LogP contribution in [0.15, 0.2) is 22.7 Å². The van der Waals surface area contributed by atoms with Gasteiger partial charge in [-0.2, -0.15) is 4.98 Å². The zero-order chi connectivity index (χ0) is 13.8. The van der Waals surface area contributed by atoms with Crippen LogP contribution in [0.2, 0.25) is 0 Å². The third-order valence-corrected chi connectivity index (χ3v) is 2.91. The van der Waals surface area contributed by atoms with Gasteiger partial charge in [0.15, 0.2) is 0 Å². The lowest BCUT2D eigenvalue weighted by Gasteiger charge is -2.09. The molecule has 0 fully saturated rings. The topological polar surface area (TPSA) is 74.2 Å². The van der Waals surface area contributed by atoms with E-state index in [2.05, 4.69) is 10.1 Å². The van der Waals surface area contributed by atoms with Crippen molar-refractivity contribution < 1.29 is 9.26 Å². The Morgan fingerprint density at radius 2 is 2.16 bits per heavy atom. The Hall–Kier alpha value is -1.88. The van der Waals surface area contributed by atoms with Crippen LogP contribution in [-0.2, 0) is 4.74 Å². The largest absolute Gasteiger partial charge is 0.398 e. The van der Waals surface area contributed by atoms with Crippen molar-refractivity contribution in [3.05, 3.63) is 29.6 Å². The van der Waals surface area contributed by atoms with Gasteiger partial charge in [0.1, 0.15) is 6.10 Å². The van der Waals surface area contributed by atoms with Gasteiger partial charge in [0, 0.05) is 12.3 Å². The van der Waals surface area contributed by atoms with Gasteiger partial charge in [-0.15, -0.1) is 0 Å². The third kappa shape index (κ3) is 2.93. The predicted octanol–water partition coefficient (Wildman–Crippen LogP) is 3.11. The van der Waals surface area contributed by atoms with E-state index in [0.717, 1.165) is 17.5 Å². The van der Waals surface area contributed by atoms with Crippen molar-refractivity contribution in [2.75, 3.05) is 12.3 Å². The Morgan fingerprint density at radius 3 is 2.84 bits per heavy atom. The van der Waals surface area contributed by atoms with E-state index in [-0.39, 0.29) is 6.10 Å². The van der Waals surface area contributed by atoms with Gasteiger partial charge < -0.3 is 15.0 Å². The molecule has 1 aromatic carbocycles. The maximum Gasteiger partial charge on any atom is 0.260 e. The SMILES string of the molecule is CCOC(CC)c1noc(-c2cc(C)ccc2N)n1. The molecule has 0 spiro atoms. The molecular weight excluding hydrogens is 242 g/mol. The summed E-state index contributed by atoms with van der Waals surface area (Å²) >= 11 is 0. The molecule has 1 aromatic heterocycles. The van der Waals surface area contributed by atoms with Gasteiger partial charge >= 0.3 is 0 Å². The van der Waals surface area contributed by atoms with Crippen molar-refractivity contribution in [2.24, 2.45) is 0 Å². The molecule has 0 radical (unpaired) electrons. The normalized spacial score (nSPS) is 12.6. The summed E-state index contributed by atoms with van der Waals surface area (Å²) < 4.78 is 10.9. The summed E-state index contributed by atoms with van der Waals surface area (Å²) in [5, 5.41) is 3.99. The summed E-state index contributed by atoms with van der Waals surface area (Å²) in [6, 6.07) is 5.73. The quantitative estimate of drug-likeness (QED) is 0.837. The molecule has 0 saturated heterocycles. The van der Waals surface area contributed by atoms with Gasteiger partial charge in [-0.05, 0) is 32.4 Å². The number of ether oxygens (including phenoxy) is 1. The van der Waals surface area contributed by atoms with E-state index >= 15 is 0 Å². The smallest absolute Gasteiger partial charge is 0.260 e. The lowest BCUT2D eigenvalue weighted by atomic mass is 10.1. The number of aryl methyl sites for hydroxylation is 1. The summed E-state index contributed by atoms with van der Waals surface area (Å²) in [4.78, 5) is 4.39. The molecule has 0 amide bonds. The Labute approximate surface area is 112 Å². The summed E-state index contributed by atoms with van der Waals surface area (Å²) in [7, 11) is 0. The Bertz CT molecular complexity index is 551. The van der Waals surface area contributed by atoms with Gasteiger partial charge in [-0.3, -0.25) is 0 Å². The molecule has 0 saturated carbocycles. The van der Waals surface area contributed by atoms with Gasteiger partial charge in [-0.25, -0.2) is 0 Å². The number of benzene rings is 1. The number of aromatic nitrogens is 2. The average Bonchev–Trinajstić information content (AvgIpc) is 2.88. The molecule has 0 bridgehead atoms. The second kappa shape index (κ2) is 5.84. The fourth-order valence-corrected chi connectivity index (χ4v) is 1.91. The second-order valence-corrected chi connectivity index (χ2v) is 4.40. The van der Waals surface area contributed by atoms with Gasteiger partial charge in [0.25, 0.3) is 5.89 Å². The highest BCUT2D eigenvalue weighted by Gasteiger charge is 2.18. The molecule has 5 nitrogen and oxygen atoms in total. The number of nitrogens with two attached hydrogens (primary N) is 1. The maximum absolute atomic E-state index is 5.94. The minimum Gasteiger partial charge on any atom is -0.398 e. The molecule has 2 aromatic rings. The van der Waals surface area contributed by atoms with E-state index in [4.69, 9.17) is 15.0 Å². The molecule has 0 aliphatic heterocycles. The zero-order valence-corrected chi connectivity index (χ0v) is 11.5. The fraction of sp³-hybridized carbons (Fsp3) is 0.429. The molecule has 1 heterocycles. The fourth-order valence-electron chi connectivity index (χ4n) is 1.91. The molecule has 102 valence electrons. The highest BCUT2D eigenvalue weighted by Crippen LogP contribution is 2.27. The standard InChI is InChI=1S/C14H19N3O2/c1-4-12(18-5-2)13-16-14(19-17-13)10-8-9(3)6-7-11(10)15/h6-8,12H,4-5,15H2,1-3H3. The summed E-state index contributed by atoms with van der Waals surface area (Å²) in [6.45, 7) is 6.59. The summed E-state index contributed by atoms with van der Waals surface area (Å²) in [5.41, 5.74) is 8.44. The number of hydrogen-bond acceptors (Lipinski definition) is 5. The molecule has 2 rings (SSSR count). The van der Waals surface area contributed by atoms with Gasteiger partial charge in [-0.1, -0.05) is 23.7 Å². The molecule has 1 unspecified atom stereocenters. The van der Waals surface area contributed by atoms with Crippen molar-refractivity contribution in [3.63, 3.8) is 0 Å². The van der Waals surface area contributed by atoms with Crippen LogP contribution in [0.1, 0.15) is 37.8 Å². The second-order valence-electron chi connectivity index (χ2n) is 4.40. The van der Waals surface area contributed by atoms with Crippen LogP contribution in [0, 0.1) is 6.92 Å². The summed E-state index contributed by atoms with van der Waals surface area (Å²) in [6.07, 6.45) is 0.671. The van der Waals surface area contributed by atoms with Crippen molar-refractivity contribution in [1.82, 2.24) is 10.1 Å². The summed E-state index contributed by atoms with van der Waals surface area (Å²) in [5.74, 6) is 1.01. The monoisotopic (exact) mass is 261 g/mol. The highest BCUT2D eigenvalue weighted by molar-refractivity contribution is 5.70. The van der Waals surface area contributed by atoms with Crippen LogP contribution >= 0.6 is 0 Å². The van der Waals surface area contributed by atoms with Crippen LogP contribution in [0.3, 0.4) is 0 Å². The first kappa shape index (κ1) is 13.5.